The first kappa shape index (κ1) is 21.0. The number of methoxy groups -OCH3 is 1. The van der Waals surface area contributed by atoms with Crippen molar-refractivity contribution in [3.05, 3.63) is 57.8 Å². The van der Waals surface area contributed by atoms with E-state index >= 15 is 0 Å². The van der Waals surface area contributed by atoms with Gasteiger partial charge in [0.2, 0.25) is 0 Å². The van der Waals surface area contributed by atoms with Gasteiger partial charge in [0.1, 0.15) is 5.75 Å². The maximum Gasteiger partial charge on any atom is 0.319 e. The molecule has 2 aromatic carbocycles. The number of benzene rings is 2. The normalized spacial score (nSPS) is 14.5. The van der Waals surface area contributed by atoms with Crippen LogP contribution in [-0.4, -0.2) is 41.8 Å². The highest BCUT2D eigenvalue weighted by Crippen LogP contribution is 2.27. The van der Waals surface area contributed by atoms with Gasteiger partial charge < -0.3 is 24.8 Å². The van der Waals surface area contributed by atoms with Crippen molar-refractivity contribution < 1.29 is 9.53 Å². The molecular formula is C22H24ClN5O3. The third-order valence-electron chi connectivity index (χ3n) is 5.50. The molecule has 1 aliphatic heterocycles. The molecule has 0 spiro atoms. The fraction of sp³-hybridized carbons (Fsp3) is 0.318. The number of ether oxygens (including phenoxy) is 1. The third kappa shape index (κ3) is 4.44. The first-order valence-corrected chi connectivity index (χ1v) is 10.5. The molecule has 0 atom stereocenters. The largest absolute Gasteiger partial charge is 0.495 e. The van der Waals surface area contributed by atoms with E-state index in [0.29, 0.717) is 48.2 Å². The van der Waals surface area contributed by atoms with E-state index in [-0.39, 0.29) is 17.6 Å². The number of carbonyl (C=O) groups is 1. The molecule has 1 saturated heterocycles. The van der Waals surface area contributed by atoms with Gasteiger partial charge in [-0.25, -0.2) is 9.78 Å². The van der Waals surface area contributed by atoms with Gasteiger partial charge in [-0.1, -0.05) is 23.7 Å². The lowest BCUT2D eigenvalue weighted by atomic mass is 10.1. The standard InChI is InChI=1S/C22H24ClN5O3/c1-27-18-6-4-3-5-16(18)25-20(21(27)29)28-11-9-15(10-12-28)24-22(30)26-17-13-14(23)7-8-19(17)31-2/h3-8,13,15H,9-12H2,1-2H3,(H2,24,26,30). The number of amides is 2. The highest BCUT2D eigenvalue weighted by Gasteiger charge is 2.24. The lowest BCUT2D eigenvalue weighted by Gasteiger charge is -2.33. The maximum atomic E-state index is 12.8. The smallest absolute Gasteiger partial charge is 0.319 e. The lowest BCUT2D eigenvalue weighted by Crippen LogP contribution is -2.47. The molecule has 0 aliphatic carbocycles. The van der Waals surface area contributed by atoms with Gasteiger partial charge in [0, 0.05) is 31.2 Å². The minimum Gasteiger partial charge on any atom is -0.495 e. The number of rotatable bonds is 4. The van der Waals surface area contributed by atoms with E-state index in [1.807, 2.05) is 29.2 Å². The number of para-hydroxylation sites is 2. The summed E-state index contributed by atoms with van der Waals surface area (Å²) in [5.74, 6) is 0.986. The molecule has 2 heterocycles. The van der Waals surface area contributed by atoms with Crippen molar-refractivity contribution in [3.8, 4) is 5.75 Å². The Kier molecular flexibility index (Phi) is 5.99. The van der Waals surface area contributed by atoms with E-state index < -0.39 is 0 Å². The molecule has 0 unspecified atom stereocenters. The summed E-state index contributed by atoms with van der Waals surface area (Å²) >= 11 is 6.02. The predicted molar refractivity (Wildman–Crippen MR) is 122 cm³/mol. The van der Waals surface area contributed by atoms with Crippen LogP contribution in [0.3, 0.4) is 0 Å². The van der Waals surface area contributed by atoms with Crippen LogP contribution in [0.5, 0.6) is 5.75 Å². The van der Waals surface area contributed by atoms with Gasteiger partial charge in [-0.15, -0.1) is 0 Å². The molecule has 2 amide bonds. The van der Waals surface area contributed by atoms with Gasteiger partial charge in [-0.05, 0) is 43.2 Å². The number of piperidine rings is 1. The Hall–Kier alpha value is -3.26. The molecule has 0 bridgehead atoms. The Labute approximate surface area is 184 Å². The number of fused-ring (bicyclic) bond motifs is 1. The highest BCUT2D eigenvalue weighted by atomic mass is 35.5. The Morgan fingerprint density at radius 1 is 1.19 bits per heavy atom. The number of aromatic nitrogens is 2. The molecule has 1 fully saturated rings. The summed E-state index contributed by atoms with van der Waals surface area (Å²) in [5, 5.41) is 6.29. The van der Waals surface area contributed by atoms with E-state index in [0.717, 1.165) is 11.0 Å². The number of urea groups is 1. The first-order chi connectivity index (χ1) is 15.0. The minimum atomic E-state index is -0.321. The van der Waals surface area contributed by atoms with Crippen LogP contribution in [0.15, 0.2) is 47.3 Å². The average Bonchev–Trinajstić information content (AvgIpc) is 2.77. The predicted octanol–water partition coefficient (Wildman–Crippen LogP) is 3.39. The maximum absolute atomic E-state index is 12.8. The van der Waals surface area contributed by atoms with Crippen molar-refractivity contribution in [2.24, 2.45) is 7.05 Å². The van der Waals surface area contributed by atoms with Crippen LogP contribution in [0.1, 0.15) is 12.8 Å². The van der Waals surface area contributed by atoms with Crippen LogP contribution >= 0.6 is 11.6 Å². The van der Waals surface area contributed by atoms with E-state index in [1.165, 1.54) is 7.11 Å². The summed E-state index contributed by atoms with van der Waals surface area (Å²) in [4.78, 5) is 31.8. The summed E-state index contributed by atoms with van der Waals surface area (Å²) in [6.07, 6.45) is 1.41. The van der Waals surface area contributed by atoms with Crippen molar-refractivity contribution in [1.82, 2.24) is 14.9 Å². The summed E-state index contributed by atoms with van der Waals surface area (Å²) in [7, 11) is 3.30. The minimum absolute atomic E-state index is 0.00858. The number of nitrogens with one attached hydrogen (secondary N) is 2. The van der Waals surface area contributed by atoms with Crippen LogP contribution in [0.25, 0.3) is 11.0 Å². The van der Waals surface area contributed by atoms with E-state index in [9.17, 15) is 9.59 Å². The zero-order valence-corrected chi connectivity index (χ0v) is 18.1. The lowest BCUT2D eigenvalue weighted by molar-refractivity contribution is 0.246. The highest BCUT2D eigenvalue weighted by molar-refractivity contribution is 6.31. The second kappa shape index (κ2) is 8.85. The third-order valence-corrected chi connectivity index (χ3v) is 5.74. The van der Waals surface area contributed by atoms with Gasteiger partial charge in [-0.2, -0.15) is 0 Å². The van der Waals surface area contributed by atoms with Crippen LogP contribution < -0.4 is 25.8 Å². The zero-order chi connectivity index (χ0) is 22.0. The second-order valence-electron chi connectivity index (χ2n) is 7.49. The number of aryl methyl sites for hydroxylation is 1. The van der Waals surface area contributed by atoms with E-state index in [2.05, 4.69) is 15.6 Å². The van der Waals surface area contributed by atoms with Crippen LogP contribution in [0, 0.1) is 0 Å². The number of anilines is 2. The fourth-order valence-electron chi connectivity index (χ4n) is 3.83. The Morgan fingerprint density at radius 2 is 1.94 bits per heavy atom. The number of nitrogens with zero attached hydrogens (tertiary/aromatic N) is 3. The molecule has 3 aromatic rings. The fourth-order valence-corrected chi connectivity index (χ4v) is 4.00. The van der Waals surface area contributed by atoms with Crippen molar-refractivity contribution >= 4 is 40.2 Å². The number of halogens is 1. The van der Waals surface area contributed by atoms with E-state index in [4.69, 9.17) is 16.3 Å². The van der Waals surface area contributed by atoms with Gasteiger partial charge in [0.15, 0.2) is 5.82 Å². The summed E-state index contributed by atoms with van der Waals surface area (Å²) in [6, 6.07) is 12.3. The summed E-state index contributed by atoms with van der Waals surface area (Å²) in [6.45, 7) is 1.26. The van der Waals surface area contributed by atoms with Crippen molar-refractivity contribution in [2.75, 3.05) is 30.4 Å². The first-order valence-electron chi connectivity index (χ1n) is 10.1. The number of carbonyl (C=O) groups excluding carboxylic acids is 1. The monoisotopic (exact) mass is 441 g/mol. The van der Waals surface area contributed by atoms with Crippen LogP contribution in [0.2, 0.25) is 5.02 Å². The van der Waals surface area contributed by atoms with Gasteiger partial charge in [0.25, 0.3) is 5.56 Å². The molecule has 4 rings (SSSR count). The molecular weight excluding hydrogens is 418 g/mol. The van der Waals surface area contributed by atoms with Gasteiger partial charge in [-0.3, -0.25) is 4.79 Å². The Bertz CT molecular complexity index is 1170. The van der Waals surface area contributed by atoms with Gasteiger partial charge in [0.05, 0.1) is 23.8 Å². The zero-order valence-electron chi connectivity index (χ0n) is 17.4. The van der Waals surface area contributed by atoms with Crippen molar-refractivity contribution in [2.45, 2.75) is 18.9 Å². The average molecular weight is 442 g/mol. The quantitative estimate of drug-likeness (QED) is 0.648. The van der Waals surface area contributed by atoms with Gasteiger partial charge >= 0.3 is 6.03 Å². The van der Waals surface area contributed by atoms with E-state index in [1.54, 1.807) is 29.8 Å². The molecule has 31 heavy (non-hydrogen) atoms. The molecule has 162 valence electrons. The summed E-state index contributed by atoms with van der Waals surface area (Å²) < 4.78 is 6.89. The number of hydrogen-bond donors (Lipinski definition) is 2. The van der Waals surface area contributed by atoms with Crippen LogP contribution in [-0.2, 0) is 7.05 Å². The molecule has 1 aromatic heterocycles. The van der Waals surface area contributed by atoms with Crippen molar-refractivity contribution in [1.29, 1.82) is 0 Å². The molecule has 0 saturated carbocycles. The van der Waals surface area contributed by atoms with Crippen LogP contribution in [0.4, 0.5) is 16.3 Å². The van der Waals surface area contributed by atoms with Crippen molar-refractivity contribution in [3.63, 3.8) is 0 Å². The second-order valence-corrected chi connectivity index (χ2v) is 7.93. The Balaban J connectivity index is 1.40. The molecule has 0 radical (unpaired) electrons. The summed E-state index contributed by atoms with van der Waals surface area (Å²) in [5.41, 5.74) is 1.99. The SMILES string of the molecule is COc1ccc(Cl)cc1NC(=O)NC1CCN(c2nc3ccccc3n(C)c2=O)CC1. The number of hydrogen-bond acceptors (Lipinski definition) is 5. The Morgan fingerprint density at radius 3 is 2.68 bits per heavy atom. The molecule has 1 aliphatic rings. The molecule has 8 nitrogen and oxygen atoms in total. The topological polar surface area (TPSA) is 88.5 Å². The molecule has 2 N–H and O–H groups in total. The molecule has 9 heteroatoms.